The number of carbonyl (C=O) groups is 1. The van der Waals surface area contributed by atoms with Crippen LogP contribution in [0.4, 0.5) is 34.1 Å². The Balaban J connectivity index is 0.000000241. The molecule has 0 bridgehead atoms. The second-order valence-electron chi connectivity index (χ2n) is 15.9. The van der Waals surface area contributed by atoms with Gasteiger partial charge in [0.25, 0.3) is 26.1 Å². The number of ether oxygens (including phenoxy) is 2. The summed E-state index contributed by atoms with van der Waals surface area (Å²) in [6.45, 7) is 7.65. The number of benzene rings is 8. The Morgan fingerprint density at radius 3 is 1.61 bits per heavy atom. The number of aliphatic imine (C=N–C) groups is 1. The molecule has 0 saturated carbocycles. The van der Waals surface area contributed by atoms with Crippen LogP contribution in [0.25, 0.3) is 21.5 Å². The first-order valence-electron chi connectivity index (χ1n) is 22.1. The van der Waals surface area contributed by atoms with Crippen molar-refractivity contribution in [1.29, 1.82) is 0 Å². The number of azo groups is 2. The molecule has 8 aromatic carbocycles. The first kappa shape index (κ1) is 57.9. The Morgan fingerprint density at radius 1 is 0.613 bits per heavy atom. The van der Waals surface area contributed by atoms with Gasteiger partial charge < -0.3 is 30.1 Å². The van der Waals surface area contributed by atoms with E-state index in [1.54, 1.807) is 104 Å². The molecule has 0 atom stereocenters. The Bertz CT molecular complexity index is 3830. The second-order valence-corrected chi connectivity index (χ2v) is 19.6. The Hall–Kier alpha value is -6.41. The van der Waals surface area contributed by atoms with Crippen molar-refractivity contribution in [3.05, 3.63) is 166 Å². The molecule has 0 saturated heterocycles. The zero-order valence-corrected chi connectivity index (χ0v) is 47.7. The quantitative estimate of drug-likeness (QED) is 0.0260. The molecule has 380 valence electrons. The summed E-state index contributed by atoms with van der Waals surface area (Å²) in [5.41, 5.74) is 0.504. The largest absolute Gasteiger partial charge is 2.00 e. The molecular formula is C52H42BaCl2N6O12S2. The van der Waals surface area contributed by atoms with Crippen LogP contribution in [0.15, 0.2) is 169 Å². The van der Waals surface area contributed by atoms with E-state index in [-0.39, 0.29) is 92.8 Å². The minimum Gasteiger partial charge on any atom is -0.871 e. The van der Waals surface area contributed by atoms with Gasteiger partial charge in [-0.1, -0.05) is 89.6 Å². The summed E-state index contributed by atoms with van der Waals surface area (Å²) in [6, 6.07) is 34.9. The van der Waals surface area contributed by atoms with Crippen molar-refractivity contribution in [3.8, 4) is 23.0 Å². The van der Waals surface area contributed by atoms with Crippen molar-refractivity contribution in [2.75, 3.05) is 18.5 Å². The van der Waals surface area contributed by atoms with Crippen LogP contribution >= 0.6 is 23.2 Å². The molecule has 0 aliphatic heterocycles. The molecule has 0 unspecified atom stereocenters. The summed E-state index contributed by atoms with van der Waals surface area (Å²) in [7, 11) is -9.37. The summed E-state index contributed by atoms with van der Waals surface area (Å²) in [4.78, 5) is 16.1. The van der Waals surface area contributed by atoms with Gasteiger partial charge in [0.1, 0.15) is 38.4 Å². The number of rotatable bonds is 14. The van der Waals surface area contributed by atoms with Gasteiger partial charge in [0.15, 0.2) is 5.75 Å². The number of fused-ring (bicyclic) bond motifs is 2. The van der Waals surface area contributed by atoms with E-state index in [0.29, 0.717) is 68.8 Å². The maximum absolute atomic E-state index is 13.4. The average Bonchev–Trinajstić information content (AvgIpc) is 3.34. The number of halogens is 2. The smallest absolute Gasteiger partial charge is 0.871 e. The summed E-state index contributed by atoms with van der Waals surface area (Å²) >= 11 is 11.9. The standard InChI is InChI=1S/2C26H22ClN3O6S.Ba/c2*1-3-36-19-9-6-8-18(14-19)28-26(32)21-12-16-7-4-5-10-20(16)24(25(21)31)30-29-23-15(2)11-17(27)13-22(23)37(33,34)35;/h2*4-14,31H,3H2,1-2H3,(H,28,32)(H,33,34,35);/q;;+2/p-2. The number of phenols is 1. The van der Waals surface area contributed by atoms with Gasteiger partial charge in [-0.2, -0.15) is 21.9 Å². The number of hydrogen-bond donors (Lipinski definition) is 4. The maximum atomic E-state index is 13.4. The third-order valence-corrected chi connectivity index (χ3v) is 12.9. The number of carbonyl (C=O) groups excluding carboxylic acids is 1. The molecular weight excluding hydrogens is 1170 g/mol. The minimum atomic E-state index is -4.70. The average molecular weight is 1220 g/mol. The fourth-order valence-electron chi connectivity index (χ4n) is 7.43. The van der Waals surface area contributed by atoms with Crippen LogP contribution in [0.1, 0.15) is 40.9 Å². The third kappa shape index (κ3) is 14.1. The molecule has 0 aliphatic rings. The van der Waals surface area contributed by atoms with Gasteiger partial charge >= 0.3 is 48.9 Å². The molecule has 0 fully saturated rings. The number of phenolic OH excluding ortho intramolecular Hbond substituents is 1. The Kier molecular flexibility index (Phi) is 19.3. The van der Waals surface area contributed by atoms with Gasteiger partial charge in [-0.05, 0) is 122 Å². The molecule has 0 aromatic heterocycles. The van der Waals surface area contributed by atoms with Gasteiger partial charge in [-0.15, -0.1) is 15.3 Å². The van der Waals surface area contributed by atoms with E-state index in [1.807, 2.05) is 13.8 Å². The number of aryl methyl sites for hydroxylation is 2. The van der Waals surface area contributed by atoms with Crippen molar-refractivity contribution in [3.63, 3.8) is 0 Å². The minimum absolute atomic E-state index is 0. The van der Waals surface area contributed by atoms with Crippen molar-refractivity contribution < 1.29 is 55.5 Å². The monoisotopic (exact) mass is 1210 g/mol. The van der Waals surface area contributed by atoms with Crippen molar-refractivity contribution >= 4 is 160 Å². The molecule has 0 heterocycles. The first-order valence-corrected chi connectivity index (χ1v) is 25.7. The number of anilines is 1. The van der Waals surface area contributed by atoms with E-state index in [1.165, 1.54) is 31.2 Å². The van der Waals surface area contributed by atoms with E-state index in [2.05, 4.69) is 30.8 Å². The second kappa shape index (κ2) is 25.0. The van der Waals surface area contributed by atoms with E-state index >= 15 is 0 Å². The normalized spacial score (nSPS) is 11.9. The topological polar surface area (TPSA) is 284 Å². The molecule has 18 nitrogen and oxygen atoms in total. The van der Waals surface area contributed by atoms with Gasteiger partial charge in [-0.3, -0.25) is 18.9 Å². The van der Waals surface area contributed by atoms with Crippen LogP contribution in [0, 0.1) is 13.8 Å². The molecule has 0 spiro atoms. The van der Waals surface area contributed by atoms with E-state index < -0.39 is 53.3 Å². The number of nitrogens with zero attached hydrogens (tertiary/aromatic N) is 5. The number of aromatic hydroxyl groups is 1. The predicted octanol–water partition coefficient (Wildman–Crippen LogP) is 11.8. The van der Waals surface area contributed by atoms with Gasteiger partial charge in [-0.25, -0.2) is 0 Å². The van der Waals surface area contributed by atoms with E-state index in [4.69, 9.17) is 32.7 Å². The summed E-state index contributed by atoms with van der Waals surface area (Å²) in [5, 5.41) is 58.5. The summed E-state index contributed by atoms with van der Waals surface area (Å²) < 4.78 is 77.8. The first-order chi connectivity index (χ1) is 35.2. The Labute approximate surface area is 481 Å². The van der Waals surface area contributed by atoms with Gasteiger partial charge in [0.05, 0.1) is 30.2 Å². The molecule has 75 heavy (non-hydrogen) atoms. The zero-order valence-electron chi connectivity index (χ0n) is 40.1. The van der Waals surface area contributed by atoms with Gasteiger partial charge in [0, 0.05) is 38.6 Å². The number of hydrogen-bond acceptors (Lipinski definition) is 15. The van der Waals surface area contributed by atoms with Crippen LogP contribution in [0.2, 0.25) is 10.0 Å². The molecule has 23 heteroatoms. The fourth-order valence-corrected chi connectivity index (χ4v) is 9.55. The van der Waals surface area contributed by atoms with E-state index in [0.717, 1.165) is 12.1 Å². The fraction of sp³-hybridized carbons (Fsp3) is 0.115. The van der Waals surface area contributed by atoms with Crippen LogP contribution in [0.3, 0.4) is 0 Å². The SMILES string of the molecule is CCOc1cccc(N=C([O-])c2cc3ccccc3c(N=Nc3c(C)cc(Cl)cc3S(=O)(=O)O)c2[O-])c1.CCOc1cccc(NC(=O)c2cc3ccccc3c(N=Nc3c(C)cc(Cl)cc3S(=O)(=O)O)c2O)c1.[Ba+2]. The summed E-state index contributed by atoms with van der Waals surface area (Å²) in [5.74, 6) is -1.49. The van der Waals surface area contributed by atoms with Gasteiger partial charge in [0.2, 0.25) is 0 Å². The molecule has 8 aromatic rings. The van der Waals surface area contributed by atoms with Crippen molar-refractivity contribution in [1.82, 2.24) is 0 Å². The van der Waals surface area contributed by atoms with Crippen molar-refractivity contribution in [2.45, 2.75) is 37.5 Å². The van der Waals surface area contributed by atoms with Crippen molar-refractivity contribution in [2.24, 2.45) is 25.4 Å². The van der Waals surface area contributed by atoms with Crippen LogP contribution in [-0.4, -0.2) is 105 Å². The molecule has 4 N–H and O–H groups in total. The van der Waals surface area contributed by atoms with Crippen LogP contribution in [-0.2, 0) is 20.2 Å². The Morgan fingerprint density at radius 2 is 1.08 bits per heavy atom. The molecule has 1 amide bonds. The molecule has 8 rings (SSSR count). The van der Waals surface area contributed by atoms with Crippen LogP contribution < -0.4 is 25.0 Å². The zero-order chi connectivity index (χ0) is 53.5. The predicted molar refractivity (Wildman–Crippen MR) is 284 cm³/mol. The summed E-state index contributed by atoms with van der Waals surface area (Å²) in [6.07, 6.45) is 0. The molecule has 0 radical (unpaired) electrons. The number of amides is 1. The van der Waals surface area contributed by atoms with Crippen LogP contribution in [0.5, 0.6) is 23.0 Å². The molecule has 0 aliphatic carbocycles. The number of nitrogens with one attached hydrogen (secondary N) is 1. The third-order valence-electron chi connectivity index (χ3n) is 10.7. The maximum Gasteiger partial charge on any atom is 2.00 e. The van der Waals surface area contributed by atoms with E-state index in [9.17, 15) is 46.1 Å².